The molecule has 0 unspecified atom stereocenters. The summed E-state index contributed by atoms with van der Waals surface area (Å²) >= 11 is 0. The molecule has 0 fully saturated rings. The number of fused-ring (bicyclic) bond motifs is 3. The first-order chi connectivity index (χ1) is 13.3. The van der Waals surface area contributed by atoms with Crippen molar-refractivity contribution in [1.82, 2.24) is 0 Å². The quantitative estimate of drug-likeness (QED) is 0.644. The van der Waals surface area contributed by atoms with E-state index >= 15 is 0 Å². The van der Waals surface area contributed by atoms with Gasteiger partial charge in [-0.15, -0.1) is 0 Å². The van der Waals surface area contributed by atoms with E-state index in [9.17, 15) is 0 Å². The van der Waals surface area contributed by atoms with Gasteiger partial charge in [0, 0.05) is 11.5 Å². The molecule has 0 bridgehead atoms. The summed E-state index contributed by atoms with van der Waals surface area (Å²) < 4.78 is 5.35. The third kappa shape index (κ3) is 2.71. The Morgan fingerprint density at radius 3 is 2.41 bits per heavy atom. The monoisotopic (exact) mass is 354 g/mol. The maximum Gasteiger partial charge on any atom is 0.118 e. The summed E-state index contributed by atoms with van der Waals surface area (Å²) in [5.41, 5.74) is 6.36. The molecule has 2 aliphatic rings. The highest BCUT2D eigenvalue weighted by atomic mass is 16.5. The fourth-order valence-electron chi connectivity index (χ4n) is 4.39. The van der Waals surface area contributed by atoms with Crippen LogP contribution in [0.2, 0.25) is 0 Å². The van der Waals surface area contributed by atoms with E-state index in [4.69, 9.17) is 9.84 Å². The lowest BCUT2D eigenvalue weighted by Crippen LogP contribution is -2.28. The van der Waals surface area contributed by atoms with Crippen molar-refractivity contribution in [3.63, 3.8) is 0 Å². The standard InChI is InChI=1S/C24H22N2O/c1-27-20-14-11-18(12-15-20)24-22-16-13-17-7-5-6-10-21(17)23(22)25-26(24)19-8-3-2-4-9-19/h2-12,14-15,22,24H,13,16H2,1H3/t22-,24-/m0/s1. The topological polar surface area (TPSA) is 24.8 Å². The van der Waals surface area contributed by atoms with Crippen LogP contribution >= 0.6 is 0 Å². The zero-order valence-corrected chi connectivity index (χ0v) is 15.4. The van der Waals surface area contributed by atoms with Crippen molar-refractivity contribution in [3.8, 4) is 5.75 Å². The van der Waals surface area contributed by atoms with E-state index in [-0.39, 0.29) is 6.04 Å². The van der Waals surface area contributed by atoms with Crippen LogP contribution in [0.1, 0.15) is 29.2 Å². The Balaban J connectivity index is 1.62. The molecule has 3 aromatic carbocycles. The Labute approximate surface area is 159 Å². The normalized spacial score (nSPS) is 20.6. The van der Waals surface area contributed by atoms with E-state index in [1.54, 1.807) is 7.11 Å². The second kappa shape index (κ2) is 6.58. The highest BCUT2D eigenvalue weighted by molar-refractivity contribution is 6.07. The number of benzene rings is 3. The molecule has 2 atom stereocenters. The number of ether oxygens (including phenoxy) is 1. The van der Waals surface area contributed by atoms with E-state index in [2.05, 4.69) is 71.7 Å². The molecule has 1 aliphatic heterocycles. The summed E-state index contributed by atoms with van der Waals surface area (Å²) in [6.07, 6.45) is 2.23. The van der Waals surface area contributed by atoms with Crippen molar-refractivity contribution in [3.05, 3.63) is 95.6 Å². The highest BCUT2D eigenvalue weighted by Crippen LogP contribution is 2.45. The fraction of sp³-hybridized carbons (Fsp3) is 0.208. The van der Waals surface area contributed by atoms with Crippen LogP contribution in [0.25, 0.3) is 0 Å². The lowest BCUT2D eigenvalue weighted by molar-refractivity contribution is 0.414. The molecule has 27 heavy (non-hydrogen) atoms. The number of nitrogens with zero attached hydrogens (tertiary/aromatic N) is 2. The summed E-state index contributed by atoms with van der Waals surface area (Å²) in [5.74, 6) is 1.28. The van der Waals surface area contributed by atoms with Gasteiger partial charge < -0.3 is 4.74 Å². The molecular formula is C24H22N2O. The Morgan fingerprint density at radius 1 is 0.889 bits per heavy atom. The van der Waals surface area contributed by atoms with Crippen molar-refractivity contribution in [2.75, 3.05) is 12.1 Å². The molecule has 3 aromatic rings. The zero-order valence-electron chi connectivity index (χ0n) is 15.4. The number of hydrazone groups is 1. The van der Waals surface area contributed by atoms with E-state index in [0.29, 0.717) is 5.92 Å². The predicted octanol–water partition coefficient (Wildman–Crippen LogP) is 5.22. The lowest BCUT2D eigenvalue weighted by Gasteiger charge is -2.30. The van der Waals surface area contributed by atoms with Gasteiger partial charge in [-0.25, -0.2) is 0 Å². The van der Waals surface area contributed by atoms with E-state index in [1.807, 2.05) is 12.1 Å². The number of hydrogen-bond acceptors (Lipinski definition) is 3. The molecule has 0 spiro atoms. The molecule has 0 N–H and O–H groups in total. The van der Waals surface area contributed by atoms with Crippen LogP contribution in [0.4, 0.5) is 5.69 Å². The van der Waals surface area contributed by atoms with Gasteiger partial charge >= 0.3 is 0 Å². The molecular weight excluding hydrogens is 332 g/mol. The number of hydrogen-bond donors (Lipinski definition) is 0. The van der Waals surface area contributed by atoms with Gasteiger partial charge in [0.05, 0.1) is 24.6 Å². The largest absolute Gasteiger partial charge is 0.497 e. The summed E-state index contributed by atoms with van der Waals surface area (Å²) in [4.78, 5) is 0. The van der Waals surface area contributed by atoms with E-state index < -0.39 is 0 Å². The van der Waals surface area contributed by atoms with E-state index in [1.165, 1.54) is 22.4 Å². The van der Waals surface area contributed by atoms with Crippen LogP contribution in [-0.4, -0.2) is 12.8 Å². The molecule has 0 saturated carbocycles. The fourth-order valence-corrected chi connectivity index (χ4v) is 4.39. The molecule has 1 aliphatic carbocycles. The molecule has 5 rings (SSSR count). The highest BCUT2D eigenvalue weighted by Gasteiger charge is 2.41. The molecule has 3 nitrogen and oxygen atoms in total. The van der Waals surface area contributed by atoms with Crippen LogP contribution < -0.4 is 9.75 Å². The Morgan fingerprint density at radius 2 is 1.63 bits per heavy atom. The number of rotatable bonds is 3. The Kier molecular flexibility index (Phi) is 3.93. The van der Waals surface area contributed by atoms with Crippen molar-refractivity contribution < 1.29 is 4.74 Å². The Bertz CT molecular complexity index is 979. The molecule has 1 heterocycles. The van der Waals surface area contributed by atoms with Gasteiger partial charge in [0.1, 0.15) is 5.75 Å². The third-order valence-corrected chi connectivity index (χ3v) is 5.71. The van der Waals surface area contributed by atoms with Crippen molar-refractivity contribution in [1.29, 1.82) is 0 Å². The van der Waals surface area contributed by atoms with Crippen LogP contribution in [0, 0.1) is 5.92 Å². The first-order valence-corrected chi connectivity index (χ1v) is 9.50. The van der Waals surface area contributed by atoms with Gasteiger partial charge in [-0.05, 0) is 48.2 Å². The predicted molar refractivity (Wildman–Crippen MR) is 109 cm³/mol. The second-order valence-electron chi connectivity index (χ2n) is 7.19. The summed E-state index contributed by atoms with van der Waals surface area (Å²) in [5, 5.41) is 7.35. The van der Waals surface area contributed by atoms with E-state index in [0.717, 1.165) is 24.3 Å². The van der Waals surface area contributed by atoms with Gasteiger partial charge in [-0.3, -0.25) is 5.01 Å². The molecule has 3 heteroatoms. The van der Waals surface area contributed by atoms with Crippen molar-refractivity contribution >= 4 is 11.4 Å². The van der Waals surface area contributed by atoms with Crippen molar-refractivity contribution in [2.24, 2.45) is 11.0 Å². The average Bonchev–Trinajstić information content (AvgIpc) is 3.14. The van der Waals surface area contributed by atoms with Gasteiger partial charge in [-0.2, -0.15) is 5.10 Å². The average molecular weight is 354 g/mol. The minimum atomic E-state index is 0.210. The molecule has 0 aromatic heterocycles. The Hall–Kier alpha value is -3.07. The first kappa shape index (κ1) is 16.1. The third-order valence-electron chi connectivity index (χ3n) is 5.71. The molecule has 0 radical (unpaired) electrons. The minimum Gasteiger partial charge on any atom is -0.497 e. The van der Waals surface area contributed by atoms with Crippen LogP contribution in [-0.2, 0) is 6.42 Å². The summed E-state index contributed by atoms with van der Waals surface area (Å²) in [6, 6.07) is 27.9. The van der Waals surface area contributed by atoms with Gasteiger partial charge in [0.2, 0.25) is 0 Å². The number of aryl methyl sites for hydroxylation is 1. The number of methoxy groups -OCH3 is 1. The van der Waals surface area contributed by atoms with Gasteiger partial charge in [-0.1, -0.05) is 54.6 Å². The minimum absolute atomic E-state index is 0.210. The number of anilines is 1. The summed E-state index contributed by atoms with van der Waals surface area (Å²) in [7, 11) is 1.71. The van der Waals surface area contributed by atoms with Crippen LogP contribution in [0.3, 0.4) is 0 Å². The maximum absolute atomic E-state index is 5.35. The lowest BCUT2D eigenvalue weighted by atomic mass is 9.77. The molecule has 134 valence electrons. The van der Waals surface area contributed by atoms with Crippen LogP contribution in [0.5, 0.6) is 5.75 Å². The number of para-hydroxylation sites is 1. The van der Waals surface area contributed by atoms with Crippen molar-refractivity contribution in [2.45, 2.75) is 18.9 Å². The smallest absolute Gasteiger partial charge is 0.118 e. The molecule has 0 saturated heterocycles. The second-order valence-corrected chi connectivity index (χ2v) is 7.19. The SMILES string of the molecule is COc1ccc([C@H]2[C@H]3CCc4ccccc4C3=NN2c2ccccc2)cc1. The van der Waals surface area contributed by atoms with Gasteiger partial charge in [0.15, 0.2) is 0 Å². The maximum atomic E-state index is 5.35. The van der Waals surface area contributed by atoms with Gasteiger partial charge in [0.25, 0.3) is 0 Å². The summed E-state index contributed by atoms with van der Waals surface area (Å²) in [6.45, 7) is 0. The molecule has 0 amide bonds. The zero-order chi connectivity index (χ0) is 18.2. The first-order valence-electron chi connectivity index (χ1n) is 9.50. The van der Waals surface area contributed by atoms with Crippen LogP contribution in [0.15, 0.2) is 84.0 Å².